The van der Waals surface area contributed by atoms with Crippen LogP contribution in [0.5, 0.6) is 11.5 Å². The number of benzene rings is 2. The molecule has 2 atom stereocenters. The number of piperazine rings is 1. The van der Waals surface area contributed by atoms with Crippen molar-refractivity contribution in [3.8, 4) is 11.5 Å². The van der Waals surface area contributed by atoms with Gasteiger partial charge in [-0.3, -0.25) is 19.6 Å². The maximum atomic E-state index is 12.7. The Kier molecular flexibility index (Phi) is 7.89. The summed E-state index contributed by atoms with van der Waals surface area (Å²) in [5, 5.41) is 5.64. The van der Waals surface area contributed by atoms with Crippen molar-refractivity contribution >= 4 is 11.8 Å². The number of rotatable bonds is 10. The first-order valence-corrected chi connectivity index (χ1v) is 12.5. The van der Waals surface area contributed by atoms with Gasteiger partial charge < -0.3 is 20.1 Å². The Bertz CT molecular complexity index is 1240. The fourth-order valence-electron chi connectivity index (χ4n) is 4.10. The maximum Gasteiger partial charge on any atom is 0.243 e. The van der Waals surface area contributed by atoms with Crippen molar-refractivity contribution in [2.45, 2.75) is 38.1 Å². The van der Waals surface area contributed by atoms with Crippen LogP contribution < -0.4 is 20.1 Å². The Morgan fingerprint density at radius 3 is 1.37 bits per heavy atom. The molecule has 2 N–H and O–H groups in total. The minimum Gasteiger partial charge on any atom is -0.487 e. The number of nitrogens with one attached hydrogen (secondary N) is 2. The minimum absolute atomic E-state index is 0.247. The van der Waals surface area contributed by atoms with Gasteiger partial charge in [-0.1, -0.05) is 60.7 Å². The zero-order valence-corrected chi connectivity index (χ0v) is 20.7. The molecule has 1 saturated heterocycles. The first-order chi connectivity index (χ1) is 18.6. The summed E-state index contributed by atoms with van der Waals surface area (Å²) in [4.78, 5) is 34.2. The lowest BCUT2D eigenvalue weighted by Crippen LogP contribution is -2.62. The van der Waals surface area contributed by atoms with Crippen LogP contribution in [0.15, 0.2) is 97.3 Å². The van der Waals surface area contributed by atoms with Crippen LogP contribution in [0.1, 0.15) is 22.5 Å². The summed E-state index contributed by atoms with van der Waals surface area (Å²) >= 11 is 0. The lowest BCUT2D eigenvalue weighted by atomic mass is 10.0. The van der Waals surface area contributed by atoms with Crippen molar-refractivity contribution in [1.82, 2.24) is 20.6 Å². The molecule has 2 aromatic carbocycles. The Morgan fingerprint density at radius 2 is 1.00 bits per heavy atom. The van der Waals surface area contributed by atoms with E-state index in [2.05, 4.69) is 20.6 Å². The van der Waals surface area contributed by atoms with Gasteiger partial charge in [-0.25, -0.2) is 0 Å². The molecule has 0 aliphatic carbocycles. The predicted octanol–water partition coefficient (Wildman–Crippen LogP) is 3.40. The highest BCUT2D eigenvalue weighted by Crippen LogP contribution is 2.16. The fourth-order valence-corrected chi connectivity index (χ4v) is 4.10. The summed E-state index contributed by atoms with van der Waals surface area (Å²) in [6, 6.07) is 25.6. The SMILES string of the molecule is O=C1NC(Cc2ccc(OCc3ccccc3)cn2)C(=O)NC1Cc1ccc(OCc2ccccc2)cn1. The second-order valence-corrected chi connectivity index (χ2v) is 9.05. The number of hydrogen-bond donors (Lipinski definition) is 2. The van der Waals surface area contributed by atoms with Gasteiger partial charge in [0.05, 0.1) is 12.4 Å². The molecule has 5 rings (SSSR count). The molecule has 0 radical (unpaired) electrons. The summed E-state index contributed by atoms with van der Waals surface area (Å²) in [6.45, 7) is 0.894. The molecule has 2 amide bonds. The van der Waals surface area contributed by atoms with Crippen molar-refractivity contribution < 1.29 is 19.1 Å². The van der Waals surface area contributed by atoms with E-state index < -0.39 is 12.1 Å². The first-order valence-electron chi connectivity index (χ1n) is 12.5. The highest BCUT2D eigenvalue weighted by molar-refractivity contribution is 5.97. The Labute approximate surface area is 221 Å². The molecule has 4 aromatic rings. The van der Waals surface area contributed by atoms with Crippen LogP contribution in [-0.4, -0.2) is 33.9 Å². The quantitative estimate of drug-likeness (QED) is 0.340. The van der Waals surface area contributed by atoms with Crippen molar-refractivity contribution in [2.75, 3.05) is 0 Å². The lowest BCUT2D eigenvalue weighted by molar-refractivity contribution is -0.136. The van der Waals surface area contributed by atoms with Gasteiger partial charge in [0.15, 0.2) is 0 Å². The van der Waals surface area contributed by atoms with E-state index in [-0.39, 0.29) is 24.7 Å². The molecule has 3 heterocycles. The van der Waals surface area contributed by atoms with Crippen LogP contribution in [0.3, 0.4) is 0 Å². The van der Waals surface area contributed by atoms with Crippen LogP contribution in [0.25, 0.3) is 0 Å². The molecule has 8 nitrogen and oxygen atoms in total. The number of carbonyl (C=O) groups is 2. The van der Waals surface area contributed by atoms with Crippen LogP contribution in [0, 0.1) is 0 Å². The molecule has 38 heavy (non-hydrogen) atoms. The molecule has 1 aliphatic rings. The molecule has 0 saturated carbocycles. The van der Waals surface area contributed by atoms with Gasteiger partial charge in [-0.2, -0.15) is 0 Å². The molecule has 0 spiro atoms. The third-order valence-corrected chi connectivity index (χ3v) is 6.18. The van der Waals surface area contributed by atoms with E-state index in [0.29, 0.717) is 36.1 Å². The second kappa shape index (κ2) is 12.0. The number of amides is 2. The van der Waals surface area contributed by atoms with Crippen molar-refractivity contribution in [1.29, 1.82) is 0 Å². The van der Waals surface area contributed by atoms with Gasteiger partial charge >= 0.3 is 0 Å². The monoisotopic (exact) mass is 508 g/mol. The summed E-state index contributed by atoms with van der Waals surface area (Å²) < 4.78 is 11.5. The minimum atomic E-state index is -0.691. The molecular formula is C30H28N4O4. The number of pyridine rings is 2. The zero-order chi connectivity index (χ0) is 26.2. The van der Waals surface area contributed by atoms with Crippen LogP contribution in [-0.2, 0) is 35.6 Å². The summed E-state index contributed by atoms with van der Waals surface area (Å²) in [5.74, 6) is 0.782. The summed E-state index contributed by atoms with van der Waals surface area (Å²) in [5.41, 5.74) is 3.50. The molecule has 0 bridgehead atoms. The van der Waals surface area contributed by atoms with E-state index in [1.54, 1.807) is 24.5 Å². The topological polar surface area (TPSA) is 102 Å². The van der Waals surface area contributed by atoms with Gasteiger partial charge in [0.1, 0.15) is 36.8 Å². The normalized spacial score (nSPS) is 16.8. The highest BCUT2D eigenvalue weighted by atomic mass is 16.5. The first kappa shape index (κ1) is 25.0. The third kappa shape index (κ3) is 6.73. The number of aromatic nitrogens is 2. The van der Waals surface area contributed by atoms with E-state index >= 15 is 0 Å². The fraction of sp³-hybridized carbons (Fsp3) is 0.200. The van der Waals surface area contributed by atoms with E-state index in [0.717, 1.165) is 11.1 Å². The Balaban J connectivity index is 1.09. The summed E-state index contributed by atoms with van der Waals surface area (Å²) in [7, 11) is 0. The van der Waals surface area contributed by atoms with Crippen molar-refractivity contribution in [2.24, 2.45) is 0 Å². The van der Waals surface area contributed by atoms with Gasteiger partial charge in [0, 0.05) is 24.2 Å². The predicted molar refractivity (Wildman–Crippen MR) is 141 cm³/mol. The maximum absolute atomic E-state index is 12.7. The third-order valence-electron chi connectivity index (χ3n) is 6.18. The smallest absolute Gasteiger partial charge is 0.243 e. The number of carbonyl (C=O) groups excluding carboxylic acids is 2. The lowest BCUT2D eigenvalue weighted by Gasteiger charge is -2.29. The van der Waals surface area contributed by atoms with E-state index in [9.17, 15) is 9.59 Å². The number of ether oxygens (including phenoxy) is 2. The second-order valence-electron chi connectivity index (χ2n) is 9.05. The van der Waals surface area contributed by atoms with Gasteiger partial charge in [-0.15, -0.1) is 0 Å². The van der Waals surface area contributed by atoms with Crippen molar-refractivity contribution in [3.63, 3.8) is 0 Å². The molecule has 2 aromatic heterocycles. The number of nitrogens with zero attached hydrogens (tertiary/aromatic N) is 2. The zero-order valence-electron chi connectivity index (χ0n) is 20.7. The van der Waals surface area contributed by atoms with Crippen LogP contribution >= 0.6 is 0 Å². The summed E-state index contributed by atoms with van der Waals surface area (Å²) in [6.07, 6.45) is 3.83. The van der Waals surface area contributed by atoms with E-state index in [1.165, 1.54) is 0 Å². The van der Waals surface area contributed by atoms with Gasteiger partial charge in [-0.05, 0) is 35.4 Å². The van der Waals surface area contributed by atoms with E-state index in [1.807, 2.05) is 72.8 Å². The molecule has 1 fully saturated rings. The standard InChI is InChI=1S/C30H28N4O4/c35-29-27(15-23-11-13-25(17-31-23)37-19-21-7-3-1-4-8-21)33-30(36)28(34-29)16-24-12-14-26(18-32-24)38-20-22-9-5-2-6-10-22/h1-14,17-18,27-28H,15-16,19-20H2,(H,33,36)(H,34,35). The largest absolute Gasteiger partial charge is 0.487 e. The Hall–Kier alpha value is -4.72. The molecule has 2 unspecified atom stereocenters. The molecular weight excluding hydrogens is 480 g/mol. The van der Waals surface area contributed by atoms with Crippen LogP contribution in [0.2, 0.25) is 0 Å². The van der Waals surface area contributed by atoms with Crippen LogP contribution in [0.4, 0.5) is 0 Å². The highest BCUT2D eigenvalue weighted by Gasteiger charge is 2.34. The van der Waals surface area contributed by atoms with Crippen molar-refractivity contribution in [3.05, 3.63) is 120 Å². The van der Waals surface area contributed by atoms with Gasteiger partial charge in [0.2, 0.25) is 11.8 Å². The molecule has 1 aliphatic heterocycles. The molecule has 8 heteroatoms. The number of hydrogen-bond acceptors (Lipinski definition) is 6. The molecule has 192 valence electrons. The van der Waals surface area contributed by atoms with E-state index in [4.69, 9.17) is 9.47 Å². The van der Waals surface area contributed by atoms with Gasteiger partial charge in [0.25, 0.3) is 0 Å². The average Bonchev–Trinajstić information content (AvgIpc) is 2.96. The Morgan fingerprint density at radius 1 is 0.579 bits per heavy atom. The average molecular weight is 509 g/mol.